The van der Waals surface area contributed by atoms with Crippen molar-refractivity contribution < 1.29 is 0 Å². The predicted molar refractivity (Wildman–Crippen MR) is 87.5 cm³/mol. The van der Waals surface area contributed by atoms with Crippen molar-refractivity contribution >= 4 is 17.6 Å². The molecular formula is C17H33S. The minimum Gasteiger partial charge on any atom is -0.0837 e. The van der Waals surface area contributed by atoms with E-state index in [2.05, 4.69) is 19.2 Å². The van der Waals surface area contributed by atoms with E-state index < -0.39 is 0 Å². The molecule has 18 heavy (non-hydrogen) atoms. The van der Waals surface area contributed by atoms with Gasteiger partial charge in [-0.15, -0.1) is 0 Å². The van der Waals surface area contributed by atoms with E-state index in [9.17, 15) is 0 Å². The molecule has 0 heterocycles. The Kier molecular flexibility index (Phi) is 15.2. The average molecular weight is 270 g/mol. The summed E-state index contributed by atoms with van der Waals surface area (Å²) in [6.07, 6.45) is 18.1. The van der Waals surface area contributed by atoms with Gasteiger partial charge in [-0.25, -0.2) is 0 Å². The third kappa shape index (κ3) is 14.2. The maximum atomic E-state index is 4.77. The van der Waals surface area contributed by atoms with Gasteiger partial charge in [-0.3, -0.25) is 0 Å². The lowest BCUT2D eigenvalue weighted by Gasteiger charge is -2.07. The molecule has 0 aliphatic rings. The molecule has 0 fully saturated rings. The van der Waals surface area contributed by atoms with E-state index in [0.717, 1.165) is 12.3 Å². The zero-order valence-corrected chi connectivity index (χ0v) is 13.5. The Hall–Kier alpha value is 0.0900. The summed E-state index contributed by atoms with van der Waals surface area (Å²) in [5, 5.41) is 2.84. The Morgan fingerprint density at radius 3 is 1.67 bits per heavy atom. The summed E-state index contributed by atoms with van der Waals surface area (Å²) >= 11 is 4.77. The topological polar surface area (TPSA) is 0 Å². The van der Waals surface area contributed by atoms with E-state index in [0.29, 0.717) is 0 Å². The first-order chi connectivity index (χ1) is 8.81. The SMILES string of the molecule is CCCCCCCCCCCCCC(C)C[C]=S. The number of unbranched alkanes of at least 4 members (excludes halogenated alkanes) is 10. The van der Waals surface area contributed by atoms with E-state index in [1.54, 1.807) is 0 Å². The molecule has 0 nitrogen and oxygen atoms in total. The molecule has 1 heteroatoms. The lowest BCUT2D eigenvalue weighted by Crippen LogP contribution is -1.94. The van der Waals surface area contributed by atoms with Gasteiger partial charge >= 0.3 is 0 Å². The van der Waals surface area contributed by atoms with Crippen molar-refractivity contribution in [3.05, 3.63) is 0 Å². The summed E-state index contributed by atoms with van der Waals surface area (Å²) in [5.74, 6) is 0.751. The van der Waals surface area contributed by atoms with Crippen LogP contribution in [-0.4, -0.2) is 5.37 Å². The molecule has 0 amide bonds. The molecular weight excluding hydrogens is 236 g/mol. The molecule has 0 aromatic heterocycles. The van der Waals surface area contributed by atoms with Crippen molar-refractivity contribution in [1.82, 2.24) is 0 Å². The fraction of sp³-hybridized carbons (Fsp3) is 0.941. The molecule has 1 atom stereocenters. The summed E-state index contributed by atoms with van der Waals surface area (Å²) in [4.78, 5) is 0. The maximum Gasteiger partial charge on any atom is 0.0294 e. The van der Waals surface area contributed by atoms with Crippen LogP contribution in [0.2, 0.25) is 0 Å². The predicted octanol–water partition coefficient (Wildman–Crippen LogP) is 6.59. The van der Waals surface area contributed by atoms with Crippen LogP contribution in [0, 0.1) is 5.92 Å². The molecule has 0 aliphatic carbocycles. The van der Waals surface area contributed by atoms with Crippen molar-refractivity contribution in [1.29, 1.82) is 0 Å². The number of thiocarbonyl (C=S) groups is 1. The van der Waals surface area contributed by atoms with Gasteiger partial charge in [-0.2, -0.15) is 0 Å². The monoisotopic (exact) mass is 269 g/mol. The van der Waals surface area contributed by atoms with E-state index in [4.69, 9.17) is 12.2 Å². The lowest BCUT2D eigenvalue weighted by atomic mass is 9.99. The van der Waals surface area contributed by atoms with Crippen LogP contribution in [0.25, 0.3) is 0 Å². The summed E-state index contributed by atoms with van der Waals surface area (Å²) in [7, 11) is 0. The number of hydrogen-bond donors (Lipinski definition) is 0. The summed E-state index contributed by atoms with van der Waals surface area (Å²) in [6, 6.07) is 0. The minimum absolute atomic E-state index is 0.751. The fourth-order valence-electron chi connectivity index (χ4n) is 2.40. The third-order valence-corrected chi connectivity index (χ3v) is 3.90. The second-order valence-corrected chi connectivity index (χ2v) is 6.07. The molecule has 0 bridgehead atoms. The maximum absolute atomic E-state index is 4.77. The van der Waals surface area contributed by atoms with Gasteiger partial charge in [0.05, 0.1) is 0 Å². The molecule has 107 valence electrons. The highest BCUT2D eigenvalue weighted by molar-refractivity contribution is 7.78. The standard InChI is InChI=1S/C17H33S/c1-3-4-5-6-7-8-9-10-11-12-13-14-17(2)15-16-18/h17H,3-15H2,1-2H3. The summed E-state index contributed by atoms with van der Waals surface area (Å²) in [5.41, 5.74) is 0. The lowest BCUT2D eigenvalue weighted by molar-refractivity contribution is 0.492. The van der Waals surface area contributed by atoms with E-state index in [1.807, 2.05) is 0 Å². The first-order valence-electron chi connectivity index (χ1n) is 8.16. The highest BCUT2D eigenvalue weighted by Gasteiger charge is 1.99. The van der Waals surface area contributed by atoms with E-state index in [-0.39, 0.29) is 0 Å². The molecule has 0 N–H and O–H groups in total. The van der Waals surface area contributed by atoms with Gasteiger partial charge in [0.2, 0.25) is 0 Å². The largest absolute Gasteiger partial charge is 0.0837 e. The van der Waals surface area contributed by atoms with Gasteiger partial charge in [0.25, 0.3) is 0 Å². The van der Waals surface area contributed by atoms with Crippen LogP contribution in [0.3, 0.4) is 0 Å². The highest BCUT2D eigenvalue weighted by Crippen LogP contribution is 2.15. The van der Waals surface area contributed by atoms with Crippen LogP contribution in [0.4, 0.5) is 0 Å². The average Bonchev–Trinajstić information content (AvgIpc) is 2.36. The van der Waals surface area contributed by atoms with Crippen molar-refractivity contribution in [2.75, 3.05) is 0 Å². The second-order valence-electron chi connectivity index (χ2n) is 5.78. The van der Waals surface area contributed by atoms with Gasteiger partial charge in [0.1, 0.15) is 0 Å². The van der Waals surface area contributed by atoms with E-state index >= 15 is 0 Å². The quantitative estimate of drug-likeness (QED) is 0.253. The third-order valence-electron chi connectivity index (χ3n) is 3.73. The zero-order valence-electron chi connectivity index (χ0n) is 12.7. The van der Waals surface area contributed by atoms with Crippen LogP contribution in [0.15, 0.2) is 0 Å². The Balaban J connectivity index is 3.00. The molecule has 0 spiro atoms. The Morgan fingerprint density at radius 2 is 1.22 bits per heavy atom. The van der Waals surface area contributed by atoms with Gasteiger partial charge < -0.3 is 0 Å². The molecule has 0 rings (SSSR count). The normalized spacial score (nSPS) is 12.6. The summed E-state index contributed by atoms with van der Waals surface area (Å²) < 4.78 is 0. The zero-order chi connectivity index (χ0) is 13.5. The molecule has 0 saturated carbocycles. The number of rotatable bonds is 14. The van der Waals surface area contributed by atoms with Crippen molar-refractivity contribution in [2.24, 2.45) is 5.92 Å². The Bertz CT molecular complexity index is 165. The Labute approximate surface area is 121 Å². The van der Waals surface area contributed by atoms with Crippen LogP contribution in [0.5, 0.6) is 0 Å². The molecule has 0 aliphatic heterocycles. The molecule has 0 aromatic carbocycles. The molecule has 1 radical (unpaired) electrons. The van der Waals surface area contributed by atoms with Crippen molar-refractivity contribution in [3.8, 4) is 0 Å². The Morgan fingerprint density at radius 1 is 0.778 bits per heavy atom. The van der Waals surface area contributed by atoms with Crippen LogP contribution < -0.4 is 0 Å². The van der Waals surface area contributed by atoms with Crippen LogP contribution in [-0.2, 0) is 0 Å². The summed E-state index contributed by atoms with van der Waals surface area (Å²) in [6.45, 7) is 4.57. The number of hydrogen-bond acceptors (Lipinski definition) is 1. The van der Waals surface area contributed by atoms with Crippen molar-refractivity contribution in [3.63, 3.8) is 0 Å². The molecule has 1 unspecified atom stereocenters. The smallest absolute Gasteiger partial charge is 0.0294 e. The molecule has 0 saturated heterocycles. The van der Waals surface area contributed by atoms with Crippen molar-refractivity contribution in [2.45, 2.75) is 97.3 Å². The van der Waals surface area contributed by atoms with Gasteiger partial charge in [-0.05, 0) is 12.3 Å². The first-order valence-corrected chi connectivity index (χ1v) is 8.57. The van der Waals surface area contributed by atoms with Crippen LogP contribution >= 0.6 is 12.2 Å². The molecule has 0 aromatic rings. The van der Waals surface area contributed by atoms with Crippen LogP contribution in [0.1, 0.15) is 97.3 Å². The minimum atomic E-state index is 0.751. The van der Waals surface area contributed by atoms with Gasteiger partial charge in [0.15, 0.2) is 0 Å². The fourth-order valence-corrected chi connectivity index (χ4v) is 2.69. The van der Waals surface area contributed by atoms with Gasteiger partial charge in [0, 0.05) is 5.37 Å². The van der Waals surface area contributed by atoms with Gasteiger partial charge in [-0.1, -0.05) is 103 Å². The van der Waals surface area contributed by atoms with E-state index in [1.165, 1.54) is 77.0 Å². The second kappa shape index (κ2) is 15.1. The first kappa shape index (κ1) is 18.1. The highest BCUT2D eigenvalue weighted by atomic mass is 32.1.